The van der Waals surface area contributed by atoms with E-state index in [0.717, 1.165) is 33.4 Å². The van der Waals surface area contributed by atoms with Gasteiger partial charge in [-0.25, -0.2) is 0 Å². The molecule has 0 bridgehead atoms. The standard InChI is InChI=1S/C20H21N3OS/c1-13-6-9-17(10-7-13)23-16(4)21-22-20(23)25-12-19(24)18-11-14(2)5-8-15(18)3/h5-11H,12H2,1-4H3. The number of benzene rings is 2. The molecule has 1 aromatic heterocycles. The lowest BCUT2D eigenvalue weighted by Crippen LogP contribution is -2.07. The van der Waals surface area contributed by atoms with Crippen LogP contribution in [0.15, 0.2) is 47.6 Å². The molecule has 0 aliphatic rings. The van der Waals surface area contributed by atoms with Crippen LogP contribution in [0.25, 0.3) is 5.69 Å². The SMILES string of the molecule is Cc1ccc(-n2c(C)nnc2SCC(=O)c2cc(C)ccc2C)cc1. The van der Waals surface area contributed by atoms with Crippen molar-refractivity contribution in [2.75, 3.05) is 5.75 Å². The minimum Gasteiger partial charge on any atom is -0.293 e. The number of rotatable bonds is 5. The zero-order chi connectivity index (χ0) is 18.0. The van der Waals surface area contributed by atoms with E-state index in [1.54, 1.807) is 0 Å². The maximum absolute atomic E-state index is 12.6. The van der Waals surface area contributed by atoms with Crippen LogP contribution in [0.2, 0.25) is 0 Å². The zero-order valence-electron chi connectivity index (χ0n) is 14.9. The molecule has 0 aliphatic carbocycles. The summed E-state index contributed by atoms with van der Waals surface area (Å²) >= 11 is 1.42. The predicted molar refractivity (Wildman–Crippen MR) is 102 cm³/mol. The van der Waals surface area contributed by atoms with Crippen molar-refractivity contribution >= 4 is 17.5 Å². The van der Waals surface area contributed by atoms with Crippen LogP contribution < -0.4 is 0 Å². The van der Waals surface area contributed by atoms with Gasteiger partial charge in [-0.2, -0.15) is 0 Å². The number of ketones is 1. The number of Topliss-reactive ketones (excluding diaryl/α,β-unsaturated/α-hetero) is 1. The van der Waals surface area contributed by atoms with E-state index in [2.05, 4.69) is 29.3 Å². The second kappa shape index (κ2) is 7.23. The Morgan fingerprint density at radius 1 is 0.960 bits per heavy atom. The molecule has 1 heterocycles. The number of thioether (sulfide) groups is 1. The van der Waals surface area contributed by atoms with Crippen LogP contribution in [-0.4, -0.2) is 26.3 Å². The Morgan fingerprint density at radius 3 is 2.36 bits per heavy atom. The Balaban J connectivity index is 1.81. The quantitative estimate of drug-likeness (QED) is 0.502. The lowest BCUT2D eigenvalue weighted by Gasteiger charge is -2.09. The normalized spacial score (nSPS) is 10.9. The van der Waals surface area contributed by atoms with Crippen molar-refractivity contribution in [2.24, 2.45) is 0 Å². The molecule has 25 heavy (non-hydrogen) atoms. The van der Waals surface area contributed by atoms with Gasteiger partial charge >= 0.3 is 0 Å². The van der Waals surface area contributed by atoms with Crippen LogP contribution in [-0.2, 0) is 0 Å². The first-order valence-corrected chi connectivity index (χ1v) is 9.16. The Morgan fingerprint density at radius 2 is 1.64 bits per heavy atom. The van der Waals surface area contributed by atoms with Crippen molar-refractivity contribution in [1.29, 1.82) is 0 Å². The molecule has 0 saturated carbocycles. The first-order chi connectivity index (χ1) is 12.0. The van der Waals surface area contributed by atoms with Crippen LogP contribution in [0.1, 0.15) is 32.9 Å². The summed E-state index contributed by atoms with van der Waals surface area (Å²) < 4.78 is 1.99. The van der Waals surface area contributed by atoms with Gasteiger partial charge in [-0.1, -0.05) is 47.2 Å². The van der Waals surface area contributed by atoms with E-state index in [4.69, 9.17) is 0 Å². The number of aromatic nitrogens is 3. The summed E-state index contributed by atoms with van der Waals surface area (Å²) in [5, 5.41) is 9.16. The highest BCUT2D eigenvalue weighted by molar-refractivity contribution is 7.99. The first kappa shape index (κ1) is 17.4. The minimum absolute atomic E-state index is 0.113. The Hall–Kier alpha value is -2.40. The van der Waals surface area contributed by atoms with Gasteiger partial charge in [-0.3, -0.25) is 9.36 Å². The van der Waals surface area contributed by atoms with Crippen LogP contribution in [0.3, 0.4) is 0 Å². The molecule has 0 radical (unpaired) electrons. The summed E-state index contributed by atoms with van der Waals surface area (Å²) in [6.07, 6.45) is 0. The number of carbonyl (C=O) groups excluding carboxylic acids is 1. The summed E-state index contributed by atoms with van der Waals surface area (Å²) in [6, 6.07) is 14.2. The van der Waals surface area contributed by atoms with Gasteiger partial charge in [-0.05, 0) is 51.5 Å². The number of hydrogen-bond acceptors (Lipinski definition) is 4. The lowest BCUT2D eigenvalue weighted by atomic mass is 10.0. The smallest absolute Gasteiger partial charge is 0.196 e. The van der Waals surface area contributed by atoms with Crippen molar-refractivity contribution < 1.29 is 4.79 Å². The van der Waals surface area contributed by atoms with Crippen molar-refractivity contribution in [2.45, 2.75) is 32.9 Å². The van der Waals surface area contributed by atoms with Crippen LogP contribution >= 0.6 is 11.8 Å². The van der Waals surface area contributed by atoms with Crippen molar-refractivity contribution in [3.63, 3.8) is 0 Å². The molecule has 128 valence electrons. The summed E-state index contributed by atoms with van der Waals surface area (Å²) in [4.78, 5) is 12.6. The van der Waals surface area contributed by atoms with Gasteiger partial charge in [0.1, 0.15) is 5.82 Å². The average Bonchev–Trinajstić information content (AvgIpc) is 2.96. The molecule has 0 atom stereocenters. The average molecular weight is 351 g/mol. The van der Waals surface area contributed by atoms with E-state index in [9.17, 15) is 4.79 Å². The molecular weight excluding hydrogens is 330 g/mol. The molecule has 0 N–H and O–H groups in total. The van der Waals surface area contributed by atoms with Crippen LogP contribution in [0.4, 0.5) is 0 Å². The molecule has 5 heteroatoms. The van der Waals surface area contributed by atoms with Gasteiger partial charge in [0.2, 0.25) is 0 Å². The van der Waals surface area contributed by atoms with E-state index in [0.29, 0.717) is 5.75 Å². The summed E-state index contributed by atoms with van der Waals surface area (Å²) in [5.41, 5.74) is 5.10. The molecule has 0 fully saturated rings. The fraction of sp³-hybridized carbons (Fsp3) is 0.250. The molecule has 2 aromatic carbocycles. The highest BCUT2D eigenvalue weighted by atomic mass is 32.2. The Kier molecular flexibility index (Phi) is 5.04. The molecule has 0 aliphatic heterocycles. The number of aryl methyl sites for hydroxylation is 4. The highest BCUT2D eigenvalue weighted by Gasteiger charge is 2.15. The fourth-order valence-electron chi connectivity index (χ4n) is 2.67. The molecule has 0 amide bonds. The maximum Gasteiger partial charge on any atom is 0.196 e. The van der Waals surface area contributed by atoms with Crippen molar-refractivity contribution in [3.8, 4) is 5.69 Å². The Bertz CT molecular complexity index is 913. The number of hydrogen-bond donors (Lipinski definition) is 0. The predicted octanol–water partition coefficient (Wildman–Crippen LogP) is 4.48. The van der Waals surface area contributed by atoms with Gasteiger partial charge in [0.15, 0.2) is 10.9 Å². The molecule has 0 spiro atoms. The first-order valence-electron chi connectivity index (χ1n) is 8.18. The summed E-state index contributed by atoms with van der Waals surface area (Å²) in [5.74, 6) is 1.27. The minimum atomic E-state index is 0.113. The second-order valence-electron chi connectivity index (χ2n) is 6.23. The third-order valence-electron chi connectivity index (χ3n) is 4.11. The lowest BCUT2D eigenvalue weighted by molar-refractivity contribution is 0.102. The third-order valence-corrected chi connectivity index (χ3v) is 5.04. The van der Waals surface area contributed by atoms with E-state index in [1.807, 2.05) is 55.7 Å². The third kappa shape index (κ3) is 3.82. The van der Waals surface area contributed by atoms with Crippen molar-refractivity contribution in [3.05, 3.63) is 70.5 Å². The van der Waals surface area contributed by atoms with Gasteiger partial charge in [-0.15, -0.1) is 10.2 Å². The summed E-state index contributed by atoms with van der Waals surface area (Å²) in [7, 11) is 0. The van der Waals surface area contributed by atoms with Gasteiger partial charge in [0.05, 0.1) is 5.75 Å². The molecular formula is C20H21N3OS. The molecule has 0 unspecified atom stereocenters. The molecule has 0 saturated heterocycles. The fourth-order valence-corrected chi connectivity index (χ4v) is 3.55. The topological polar surface area (TPSA) is 47.8 Å². The number of nitrogens with zero attached hydrogens (tertiary/aromatic N) is 3. The van der Waals surface area contributed by atoms with E-state index >= 15 is 0 Å². The second-order valence-corrected chi connectivity index (χ2v) is 7.17. The molecule has 4 nitrogen and oxygen atoms in total. The number of carbonyl (C=O) groups is 1. The van der Waals surface area contributed by atoms with Gasteiger partial charge in [0.25, 0.3) is 0 Å². The summed E-state index contributed by atoms with van der Waals surface area (Å²) in [6.45, 7) is 7.95. The Labute approximate surface area is 152 Å². The van der Waals surface area contributed by atoms with E-state index in [1.165, 1.54) is 17.3 Å². The molecule has 3 aromatic rings. The monoisotopic (exact) mass is 351 g/mol. The van der Waals surface area contributed by atoms with Crippen molar-refractivity contribution in [1.82, 2.24) is 14.8 Å². The van der Waals surface area contributed by atoms with Gasteiger partial charge in [0, 0.05) is 11.3 Å². The highest BCUT2D eigenvalue weighted by Crippen LogP contribution is 2.23. The van der Waals surface area contributed by atoms with E-state index in [-0.39, 0.29) is 5.78 Å². The van der Waals surface area contributed by atoms with Gasteiger partial charge < -0.3 is 0 Å². The zero-order valence-corrected chi connectivity index (χ0v) is 15.7. The van der Waals surface area contributed by atoms with E-state index < -0.39 is 0 Å². The maximum atomic E-state index is 12.6. The largest absolute Gasteiger partial charge is 0.293 e. The molecule has 3 rings (SSSR count). The van der Waals surface area contributed by atoms with Crippen LogP contribution in [0.5, 0.6) is 0 Å². The van der Waals surface area contributed by atoms with Crippen LogP contribution in [0, 0.1) is 27.7 Å².